The number of nitrogens with one attached hydrogen (secondary N) is 1. The summed E-state index contributed by atoms with van der Waals surface area (Å²) >= 11 is 0. The third kappa shape index (κ3) is 2.90. The fourth-order valence-electron chi connectivity index (χ4n) is 2.18. The van der Waals surface area contributed by atoms with Gasteiger partial charge >= 0.3 is 6.01 Å². The van der Waals surface area contributed by atoms with E-state index in [-0.39, 0.29) is 12.5 Å². The van der Waals surface area contributed by atoms with Crippen LogP contribution in [0.4, 0.5) is 5.69 Å². The second kappa shape index (κ2) is 6.26. The highest BCUT2D eigenvalue weighted by atomic mass is 16.5. The van der Waals surface area contributed by atoms with Gasteiger partial charge in [0, 0.05) is 11.9 Å². The molecule has 0 fully saturated rings. The second-order valence-electron chi connectivity index (χ2n) is 4.76. The van der Waals surface area contributed by atoms with Crippen molar-refractivity contribution in [3.8, 4) is 6.01 Å². The fraction of sp³-hybridized carbons (Fsp3) is 0.188. The average Bonchev–Trinajstić information content (AvgIpc) is 2.97. The molecule has 0 aliphatic rings. The van der Waals surface area contributed by atoms with Gasteiger partial charge in [0.25, 0.3) is 5.91 Å². The van der Waals surface area contributed by atoms with Gasteiger partial charge in [0.05, 0.1) is 0 Å². The summed E-state index contributed by atoms with van der Waals surface area (Å²) in [7, 11) is 0. The minimum atomic E-state index is -0.228. The molecule has 0 unspecified atom stereocenters. The molecule has 0 atom stereocenters. The topological polar surface area (TPSA) is 68.5 Å². The van der Waals surface area contributed by atoms with E-state index >= 15 is 0 Å². The summed E-state index contributed by atoms with van der Waals surface area (Å²) < 4.78 is 7.13. The number of fused-ring (bicyclic) bond motifs is 1. The van der Waals surface area contributed by atoms with E-state index in [0.717, 1.165) is 17.7 Å². The highest BCUT2D eigenvalue weighted by Gasteiger charge is 2.10. The van der Waals surface area contributed by atoms with Gasteiger partial charge in [0.15, 0.2) is 12.3 Å². The third-order valence-electron chi connectivity index (χ3n) is 3.29. The number of hydrogen-bond donors (Lipinski definition) is 1. The number of aryl methyl sites for hydroxylation is 1. The molecule has 0 saturated heterocycles. The quantitative estimate of drug-likeness (QED) is 0.784. The van der Waals surface area contributed by atoms with Crippen LogP contribution in [0.2, 0.25) is 0 Å². The van der Waals surface area contributed by atoms with Gasteiger partial charge < -0.3 is 10.1 Å². The Kier molecular flexibility index (Phi) is 4.00. The molecule has 2 aromatic heterocycles. The highest BCUT2D eigenvalue weighted by molar-refractivity contribution is 5.92. The van der Waals surface area contributed by atoms with E-state index in [1.165, 1.54) is 0 Å². The molecular formula is C16H16N4O2. The zero-order valence-corrected chi connectivity index (χ0v) is 12.2. The summed E-state index contributed by atoms with van der Waals surface area (Å²) in [5.74, 6) is -0.228. The van der Waals surface area contributed by atoms with Gasteiger partial charge in [0.1, 0.15) is 0 Å². The number of aromatic nitrogens is 3. The van der Waals surface area contributed by atoms with Crippen molar-refractivity contribution in [2.24, 2.45) is 0 Å². The van der Waals surface area contributed by atoms with Crippen molar-refractivity contribution >= 4 is 17.2 Å². The predicted molar refractivity (Wildman–Crippen MR) is 82.9 cm³/mol. The van der Waals surface area contributed by atoms with Crippen molar-refractivity contribution in [1.82, 2.24) is 14.6 Å². The maximum atomic E-state index is 12.0. The number of carbonyl (C=O) groups excluding carboxylic acids is 1. The Bertz CT molecular complexity index is 797. The van der Waals surface area contributed by atoms with Gasteiger partial charge in [-0.3, -0.25) is 9.20 Å². The zero-order valence-electron chi connectivity index (χ0n) is 12.2. The summed E-state index contributed by atoms with van der Waals surface area (Å²) in [5, 5.41) is 10.7. The van der Waals surface area contributed by atoms with Gasteiger partial charge in [-0.2, -0.15) is 0 Å². The molecule has 1 aromatic carbocycles. The number of rotatable bonds is 5. The lowest BCUT2D eigenvalue weighted by Crippen LogP contribution is -2.21. The number of para-hydroxylation sites is 1. The highest BCUT2D eigenvalue weighted by Crippen LogP contribution is 2.15. The van der Waals surface area contributed by atoms with E-state index in [4.69, 9.17) is 4.74 Å². The van der Waals surface area contributed by atoms with Crippen LogP contribution in [0, 0.1) is 0 Å². The number of hydrogen-bond acceptors (Lipinski definition) is 4. The molecule has 1 amide bonds. The summed E-state index contributed by atoms with van der Waals surface area (Å²) in [5.41, 5.74) is 2.57. The number of benzene rings is 1. The summed E-state index contributed by atoms with van der Waals surface area (Å²) in [6, 6.07) is 13.5. The van der Waals surface area contributed by atoms with Crippen LogP contribution in [0.15, 0.2) is 48.7 Å². The fourth-order valence-corrected chi connectivity index (χ4v) is 2.18. The number of ether oxygens (including phenoxy) is 1. The molecule has 0 aliphatic heterocycles. The van der Waals surface area contributed by atoms with Crippen LogP contribution in [0.1, 0.15) is 12.5 Å². The molecular weight excluding hydrogens is 280 g/mol. The maximum absolute atomic E-state index is 12.0. The Morgan fingerprint density at radius 2 is 2.00 bits per heavy atom. The zero-order chi connectivity index (χ0) is 15.4. The predicted octanol–water partition coefficient (Wildman–Crippen LogP) is 2.31. The Balaban J connectivity index is 1.65. The molecule has 0 aliphatic carbocycles. The SMILES string of the molecule is CCc1ccccc1NC(=O)COc1nnc2ccccn12. The normalized spacial score (nSPS) is 10.6. The Hall–Kier alpha value is -2.89. The molecule has 0 radical (unpaired) electrons. The first kappa shape index (κ1) is 14.1. The second-order valence-corrected chi connectivity index (χ2v) is 4.76. The van der Waals surface area contributed by atoms with Crippen LogP contribution in [0.25, 0.3) is 5.65 Å². The Morgan fingerprint density at radius 1 is 1.18 bits per heavy atom. The van der Waals surface area contributed by atoms with Crippen molar-refractivity contribution in [3.63, 3.8) is 0 Å². The van der Waals surface area contributed by atoms with Crippen LogP contribution in [0.3, 0.4) is 0 Å². The van der Waals surface area contributed by atoms with Crippen molar-refractivity contribution in [1.29, 1.82) is 0 Å². The molecule has 1 N–H and O–H groups in total. The monoisotopic (exact) mass is 296 g/mol. The van der Waals surface area contributed by atoms with Crippen LogP contribution < -0.4 is 10.1 Å². The molecule has 112 valence electrons. The largest absolute Gasteiger partial charge is 0.453 e. The molecule has 0 spiro atoms. The first-order valence-corrected chi connectivity index (χ1v) is 7.08. The molecule has 3 rings (SSSR count). The van der Waals surface area contributed by atoms with Crippen molar-refractivity contribution in [2.75, 3.05) is 11.9 Å². The molecule has 0 bridgehead atoms. The van der Waals surface area contributed by atoms with Gasteiger partial charge in [-0.05, 0) is 30.2 Å². The van der Waals surface area contributed by atoms with Crippen molar-refractivity contribution in [2.45, 2.75) is 13.3 Å². The smallest absolute Gasteiger partial charge is 0.322 e. The standard InChI is InChI=1S/C16H16N4O2/c1-2-12-7-3-4-8-13(12)17-15(21)11-22-16-19-18-14-9-5-6-10-20(14)16/h3-10H,2,11H2,1H3,(H,17,21). The van der Waals surface area contributed by atoms with Gasteiger partial charge in [-0.25, -0.2) is 0 Å². The van der Waals surface area contributed by atoms with Crippen LogP contribution in [-0.2, 0) is 11.2 Å². The molecule has 6 heteroatoms. The first-order chi connectivity index (χ1) is 10.8. The molecule has 0 saturated carbocycles. The minimum absolute atomic E-state index is 0.117. The van der Waals surface area contributed by atoms with Crippen LogP contribution in [-0.4, -0.2) is 27.1 Å². The molecule has 6 nitrogen and oxygen atoms in total. The number of anilines is 1. The minimum Gasteiger partial charge on any atom is -0.453 e. The number of pyridine rings is 1. The summed E-state index contributed by atoms with van der Waals surface area (Å²) in [6.45, 7) is 1.93. The maximum Gasteiger partial charge on any atom is 0.322 e. The molecule has 3 aromatic rings. The van der Waals surface area contributed by atoms with Gasteiger partial charge in [-0.15, -0.1) is 5.10 Å². The van der Waals surface area contributed by atoms with E-state index in [0.29, 0.717) is 11.7 Å². The van der Waals surface area contributed by atoms with Crippen LogP contribution in [0.5, 0.6) is 6.01 Å². The van der Waals surface area contributed by atoms with Crippen molar-refractivity contribution in [3.05, 3.63) is 54.2 Å². The lowest BCUT2D eigenvalue weighted by Gasteiger charge is -2.09. The Labute approximate surface area is 127 Å². The lowest BCUT2D eigenvalue weighted by molar-refractivity contribution is -0.118. The Morgan fingerprint density at radius 3 is 2.86 bits per heavy atom. The summed E-state index contributed by atoms with van der Waals surface area (Å²) in [6.07, 6.45) is 2.64. The third-order valence-corrected chi connectivity index (χ3v) is 3.29. The van der Waals surface area contributed by atoms with E-state index in [9.17, 15) is 4.79 Å². The van der Waals surface area contributed by atoms with E-state index < -0.39 is 0 Å². The van der Waals surface area contributed by atoms with Crippen molar-refractivity contribution < 1.29 is 9.53 Å². The lowest BCUT2D eigenvalue weighted by atomic mass is 10.1. The number of carbonyl (C=O) groups is 1. The van der Waals surface area contributed by atoms with E-state index in [1.807, 2.05) is 49.4 Å². The van der Waals surface area contributed by atoms with Crippen LogP contribution >= 0.6 is 0 Å². The van der Waals surface area contributed by atoms with E-state index in [1.54, 1.807) is 10.6 Å². The average molecular weight is 296 g/mol. The molecule has 22 heavy (non-hydrogen) atoms. The summed E-state index contributed by atoms with van der Waals surface area (Å²) in [4.78, 5) is 12.0. The van der Waals surface area contributed by atoms with Gasteiger partial charge in [-0.1, -0.05) is 36.3 Å². The number of nitrogens with zero attached hydrogens (tertiary/aromatic N) is 3. The van der Waals surface area contributed by atoms with E-state index in [2.05, 4.69) is 15.5 Å². The van der Waals surface area contributed by atoms with Gasteiger partial charge in [0.2, 0.25) is 0 Å². The first-order valence-electron chi connectivity index (χ1n) is 7.08. The molecule has 2 heterocycles. The number of amides is 1.